The van der Waals surface area contributed by atoms with Gasteiger partial charge in [0.1, 0.15) is 0 Å². The minimum absolute atomic E-state index is 0.0683. The molecule has 0 unspecified atom stereocenters. The molecule has 4 aromatic rings. The van der Waals surface area contributed by atoms with Crippen LogP contribution in [0.3, 0.4) is 0 Å². The predicted octanol–water partition coefficient (Wildman–Crippen LogP) is 4.79. The number of para-hydroxylation sites is 1. The van der Waals surface area contributed by atoms with Crippen molar-refractivity contribution in [3.63, 3.8) is 0 Å². The summed E-state index contributed by atoms with van der Waals surface area (Å²) >= 11 is 7.18. The highest BCUT2D eigenvalue weighted by atomic mass is 35.5. The van der Waals surface area contributed by atoms with Crippen molar-refractivity contribution >= 4 is 57.5 Å². The zero-order chi connectivity index (χ0) is 24.1. The van der Waals surface area contributed by atoms with Crippen LogP contribution in [0.25, 0.3) is 10.9 Å². The van der Waals surface area contributed by atoms with Gasteiger partial charge in [0.15, 0.2) is 5.16 Å². The molecule has 34 heavy (non-hydrogen) atoms. The fourth-order valence-corrected chi connectivity index (χ4v) is 4.26. The number of anilines is 2. The number of thioether (sulfide) groups is 1. The lowest BCUT2D eigenvalue weighted by molar-refractivity contribution is -0.114. The maximum Gasteiger partial charge on any atom is 0.262 e. The van der Waals surface area contributed by atoms with E-state index in [2.05, 4.69) is 15.6 Å². The van der Waals surface area contributed by atoms with Gasteiger partial charge in [-0.3, -0.25) is 19.0 Å². The van der Waals surface area contributed by atoms with Crippen LogP contribution >= 0.6 is 23.4 Å². The maximum atomic E-state index is 13.2. The number of rotatable bonds is 7. The molecule has 172 valence electrons. The summed E-state index contributed by atoms with van der Waals surface area (Å²) in [6, 6.07) is 21.2. The number of hydrogen-bond donors (Lipinski definition) is 2. The molecular formula is C25H21ClN4O3S. The summed E-state index contributed by atoms with van der Waals surface area (Å²) in [5, 5.41) is 7.08. The third-order valence-corrected chi connectivity index (χ3v) is 6.13. The third kappa shape index (κ3) is 5.84. The zero-order valence-electron chi connectivity index (χ0n) is 18.2. The Hall–Kier alpha value is -3.62. The van der Waals surface area contributed by atoms with Gasteiger partial charge in [0.05, 0.1) is 23.2 Å². The van der Waals surface area contributed by atoms with Gasteiger partial charge in [-0.2, -0.15) is 0 Å². The predicted molar refractivity (Wildman–Crippen MR) is 137 cm³/mol. The van der Waals surface area contributed by atoms with E-state index < -0.39 is 0 Å². The Balaban J connectivity index is 1.53. The summed E-state index contributed by atoms with van der Waals surface area (Å²) in [6.45, 7) is 1.74. The Morgan fingerprint density at radius 3 is 2.26 bits per heavy atom. The second kappa shape index (κ2) is 10.5. The highest BCUT2D eigenvalue weighted by molar-refractivity contribution is 7.99. The summed E-state index contributed by atoms with van der Waals surface area (Å²) in [5.41, 5.74) is 2.55. The van der Waals surface area contributed by atoms with Gasteiger partial charge in [-0.05, 0) is 54.1 Å². The van der Waals surface area contributed by atoms with E-state index in [0.717, 1.165) is 5.56 Å². The van der Waals surface area contributed by atoms with Crippen LogP contribution in [0.15, 0.2) is 82.7 Å². The lowest BCUT2D eigenvalue weighted by Crippen LogP contribution is -2.24. The molecule has 4 rings (SSSR count). The molecule has 0 atom stereocenters. The molecule has 3 aromatic carbocycles. The van der Waals surface area contributed by atoms with Gasteiger partial charge >= 0.3 is 0 Å². The zero-order valence-corrected chi connectivity index (χ0v) is 19.8. The van der Waals surface area contributed by atoms with Crippen LogP contribution in [0, 0.1) is 0 Å². The summed E-state index contributed by atoms with van der Waals surface area (Å²) in [6.07, 6.45) is 0. The van der Waals surface area contributed by atoms with Crippen LogP contribution in [-0.4, -0.2) is 27.1 Å². The Kier molecular flexibility index (Phi) is 7.30. The van der Waals surface area contributed by atoms with Gasteiger partial charge in [0, 0.05) is 23.3 Å². The van der Waals surface area contributed by atoms with Crippen molar-refractivity contribution in [3.8, 4) is 0 Å². The van der Waals surface area contributed by atoms with Crippen molar-refractivity contribution in [3.05, 3.63) is 93.7 Å². The van der Waals surface area contributed by atoms with Gasteiger partial charge in [-0.25, -0.2) is 4.98 Å². The third-order valence-electron chi connectivity index (χ3n) is 4.90. The molecule has 0 aliphatic rings. The maximum absolute atomic E-state index is 13.2. The molecule has 0 aliphatic heterocycles. The number of hydrogen-bond acceptors (Lipinski definition) is 5. The fourth-order valence-electron chi connectivity index (χ4n) is 3.34. The van der Waals surface area contributed by atoms with Crippen LogP contribution in [0.4, 0.5) is 11.4 Å². The highest BCUT2D eigenvalue weighted by Gasteiger charge is 2.14. The van der Waals surface area contributed by atoms with E-state index in [9.17, 15) is 14.4 Å². The SMILES string of the molecule is CC(=O)Nc1ccc(NC(=O)CSc2nc3ccccc3c(=O)n2Cc2ccc(Cl)cc2)cc1. The fraction of sp³-hybridized carbons (Fsp3) is 0.120. The van der Waals surface area contributed by atoms with Gasteiger partial charge in [0.2, 0.25) is 11.8 Å². The topological polar surface area (TPSA) is 93.1 Å². The summed E-state index contributed by atoms with van der Waals surface area (Å²) in [7, 11) is 0. The number of amides is 2. The number of fused-ring (bicyclic) bond motifs is 1. The van der Waals surface area contributed by atoms with E-state index in [1.165, 1.54) is 18.7 Å². The summed E-state index contributed by atoms with van der Waals surface area (Å²) in [4.78, 5) is 41.6. The first-order valence-electron chi connectivity index (χ1n) is 10.4. The number of benzene rings is 3. The molecule has 1 aromatic heterocycles. The van der Waals surface area contributed by atoms with Gasteiger partial charge in [-0.1, -0.05) is 47.6 Å². The van der Waals surface area contributed by atoms with E-state index in [1.807, 2.05) is 18.2 Å². The molecule has 1 heterocycles. The van der Waals surface area contributed by atoms with Crippen molar-refractivity contribution < 1.29 is 9.59 Å². The van der Waals surface area contributed by atoms with Crippen LogP contribution < -0.4 is 16.2 Å². The molecule has 2 amide bonds. The number of aromatic nitrogens is 2. The van der Waals surface area contributed by atoms with Crippen molar-refractivity contribution in [2.75, 3.05) is 16.4 Å². The first-order chi connectivity index (χ1) is 16.4. The van der Waals surface area contributed by atoms with Crippen molar-refractivity contribution in [1.29, 1.82) is 0 Å². The smallest absolute Gasteiger partial charge is 0.262 e. The largest absolute Gasteiger partial charge is 0.326 e. The van der Waals surface area contributed by atoms with E-state index in [-0.39, 0.29) is 23.1 Å². The second-order valence-electron chi connectivity index (χ2n) is 7.52. The van der Waals surface area contributed by atoms with E-state index in [1.54, 1.807) is 59.2 Å². The van der Waals surface area contributed by atoms with E-state index in [0.29, 0.717) is 39.0 Å². The number of halogens is 1. The molecule has 2 N–H and O–H groups in total. The Morgan fingerprint density at radius 2 is 1.59 bits per heavy atom. The van der Waals surface area contributed by atoms with Gasteiger partial charge in [-0.15, -0.1) is 0 Å². The van der Waals surface area contributed by atoms with Gasteiger partial charge in [0.25, 0.3) is 5.56 Å². The highest BCUT2D eigenvalue weighted by Crippen LogP contribution is 2.21. The minimum Gasteiger partial charge on any atom is -0.326 e. The average Bonchev–Trinajstić information content (AvgIpc) is 2.82. The Labute approximate surface area is 205 Å². The molecule has 9 heteroatoms. The van der Waals surface area contributed by atoms with Crippen molar-refractivity contribution in [1.82, 2.24) is 9.55 Å². The number of nitrogens with zero attached hydrogens (tertiary/aromatic N) is 2. The monoisotopic (exact) mass is 492 g/mol. The van der Waals surface area contributed by atoms with Gasteiger partial charge < -0.3 is 10.6 Å². The molecule has 0 bridgehead atoms. The standard InChI is InChI=1S/C25H21ClN4O3S/c1-16(31)27-19-10-12-20(13-11-19)28-23(32)15-34-25-29-22-5-3-2-4-21(22)24(33)30(25)14-17-6-8-18(26)9-7-17/h2-13H,14-15H2,1H3,(H,27,31)(H,28,32). The molecule has 0 aliphatic carbocycles. The molecule has 0 fully saturated rings. The first-order valence-corrected chi connectivity index (χ1v) is 11.8. The minimum atomic E-state index is -0.238. The van der Waals surface area contributed by atoms with Crippen LogP contribution in [0.2, 0.25) is 5.02 Å². The van der Waals surface area contributed by atoms with Crippen LogP contribution in [0.5, 0.6) is 0 Å². The Bertz CT molecular complexity index is 1400. The Morgan fingerprint density at radius 1 is 0.941 bits per heavy atom. The summed E-state index contributed by atoms with van der Waals surface area (Å²) < 4.78 is 1.58. The average molecular weight is 493 g/mol. The quantitative estimate of drug-likeness (QED) is 0.286. The summed E-state index contributed by atoms with van der Waals surface area (Å²) in [5.74, 6) is -0.336. The molecule has 0 radical (unpaired) electrons. The molecule has 0 saturated heterocycles. The number of carbonyl (C=O) groups is 2. The number of carbonyl (C=O) groups excluding carboxylic acids is 2. The lowest BCUT2D eigenvalue weighted by Gasteiger charge is -2.13. The van der Waals surface area contributed by atoms with E-state index in [4.69, 9.17) is 11.6 Å². The normalized spacial score (nSPS) is 10.8. The first kappa shape index (κ1) is 23.5. The lowest BCUT2D eigenvalue weighted by atomic mass is 10.2. The molecule has 0 saturated carbocycles. The van der Waals surface area contributed by atoms with Crippen molar-refractivity contribution in [2.45, 2.75) is 18.6 Å². The number of nitrogens with one attached hydrogen (secondary N) is 2. The van der Waals surface area contributed by atoms with E-state index >= 15 is 0 Å². The van der Waals surface area contributed by atoms with Crippen molar-refractivity contribution in [2.24, 2.45) is 0 Å². The molecular weight excluding hydrogens is 472 g/mol. The molecule has 0 spiro atoms. The van der Waals surface area contributed by atoms with Crippen LogP contribution in [0.1, 0.15) is 12.5 Å². The molecule has 7 nitrogen and oxygen atoms in total. The van der Waals surface area contributed by atoms with Crippen LogP contribution in [-0.2, 0) is 16.1 Å². The second-order valence-corrected chi connectivity index (χ2v) is 8.90.